The Labute approximate surface area is 92.1 Å². The second kappa shape index (κ2) is 6.06. The maximum Gasteiger partial charge on any atom is 0.321 e. The van der Waals surface area contributed by atoms with Crippen molar-refractivity contribution in [2.24, 2.45) is 5.92 Å². The number of carbonyl (C=O) groups is 3. The fraction of sp³-hybridized carbons (Fsp3) is 0.667. The Morgan fingerprint density at radius 1 is 1.06 bits per heavy atom. The molecule has 92 valence electrons. The molecule has 0 saturated heterocycles. The molecule has 0 rings (SSSR count). The predicted molar refractivity (Wildman–Crippen MR) is 53.1 cm³/mol. The molecule has 0 aromatic heterocycles. The number of rotatable bonds is 7. The number of hydrogen-bond acceptors (Lipinski definition) is 4. The summed E-state index contributed by atoms with van der Waals surface area (Å²) in [5.41, 5.74) is 0. The van der Waals surface area contributed by atoms with Gasteiger partial charge in [-0.05, 0) is 5.92 Å². The van der Waals surface area contributed by atoms with Gasteiger partial charge in [0.15, 0.2) is 0 Å². The summed E-state index contributed by atoms with van der Waals surface area (Å²) in [6, 6.07) is -2.48. The van der Waals surface area contributed by atoms with E-state index in [4.69, 9.17) is 15.3 Å². The summed E-state index contributed by atoms with van der Waals surface area (Å²) in [4.78, 5) is 31.9. The Hall–Kier alpha value is -1.63. The molecule has 0 spiro atoms. The van der Waals surface area contributed by atoms with Crippen molar-refractivity contribution in [1.82, 2.24) is 5.32 Å². The largest absolute Gasteiger partial charge is 0.481 e. The molecule has 0 heterocycles. The van der Waals surface area contributed by atoms with E-state index in [0.717, 1.165) is 0 Å². The summed E-state index contributed by atoms with van der Waals surface area (Å²) in [5.74, 6) is -4.22. The number of carboxylic acid groups (broad SMARTS) is 3. The Morgan fingerprint density at radius 3 is 1.81 bits per heavy atom. The summed E-state index contributed by atoms with van der Waals surface area (Å²) < 4.78 is 0. The first-order valence-corrected chi connectivity index (χ1v) is 4.69. The number of aliphatic carboxylic acids is 3. The summed E-state index contributed by atoms with van der Waals surface area (Å²) in [5, 5.41) is 28.3. The van der Waals surface area contributed by atoms with Gasteiger partial charge in [0.05, 0.1) is 6.42 Å². The van der Waals surface area contributed by atoms with E-state index in [1.807, 2.05) is 0 Å². The highest BCUT2D eigenvalue weighted by molar-refractivity contribution is 5.82. The highest BCUT2D eigenvalue weighted by atomic mass is 16.4. The molecule has 7 nitrogen and oxygen atoms in total. The van der Waals surface area contributed by atoms with E-state index in [0.29, 0.717) is 0 Å². The second-order valence-corrected chi connectivity index (χ2v) is 3.72. The van der Waals surface area contributed by atoms with Crippen LogP contribution in [0.3, 0.4) is 0 Å². The fourth-order valence-corrected chi connectivity index (χ4v) is 1.16. The number of hydrogen-bond donors (Lipinski definition) is 4. The molecular weight excluding hydrogens is 218 g/mol. The molecule has 0 aromatic rings. The third kappa shape index (κ3) is 4.74. The van der Waals surface area contributed by atoms with E-state index < -0.39 is 36.4 Å². The van der Waals surface area contributed by atoms with Crippen molar-refractivity contribution in [3.05, 3.63) is 0 Å². The molecule has 0 amide bonds. The summed E-state index contributed by atoms with van der Waals surface area (Å²) >= 11 is 0. The van der Waals surface area contributed by atoms with Crippen LogP contribution in [0.15, 0.2) is 0 Å². The fourth-order valence-electron chi connectivity index (χ4n) is 1.16. The molecule has 0 aromatic carbocycles. The lowest BCUT2D eigenvalue weighted by Gasteiger charge is -2.21. The highest BCUT2D eigenvalue weighted by Crippen LogP contribution is 2.05. The minimum Gasteiger partial charge on any atom is -0.481 e. The molecule has 0 aliphatic rings. The standard InChI is InChI=1S/C9H15NO6/c1-4(2)7(9(15)16)10-5(8(13)14)3-6(11)12/h4-5,7,10H,3H2,1-2H3,(H,11,12)(H,13,14)(H,15,16). The minimum absolute atomic E-state index is 0.340. The molecule has 2 unspecified atom stereocenters. The van der Waals surface area contributed by atoms with Gasteiger partial charge < -0.3 is 15.3 Å². The maximum atomic E-state index is 10.8. The molecule has 7 heteroatoms. The lowest BCUT2D eigenvalue weighted by molar-refractivity contribution is -0.148. The molecular formula is C9H15NO6. The van der Waals surface area contributed by atoms with Crippen LogP contribution in [0.4, 0.5) is 0 Å². The van der Waals surface area contributed by atoms with E-state index in [2.05, 4.69) is 5.32 Å². The van der Waals surface area contributed by atoms with E-state index in [9.17, 15) is 14.4 Å². The van der Waals surface area contributed by atoms with Crippen LogP contribution in [0.25, 0.3) is 0 Å². The smallest absolute Gasteiger partial charge is 0.321 e. The average Bonchev–Trinajstić information content (AvgIpc) is 2.09. The molecule has 0 radical (unpaired) electrons. The molecule has 2 atom stereocenters. The summed E-state index contributed by atoms with van der Waals surface area (Å²) in [7, 11) is 0. The van der Waals surface area contributed by atoms with Crippen LogP contribution in [0.2, 0.25) is 0 Å². The number of nitrogens with one attached hydrogen (secondary N) is 1. The van der Waals surface area contributed by atoms with Crippen molar-refractivity contribution in [2.75, 3.05) is 0 Å². The molecule has 4 N–H and O–H groups in total. The lowest BCUT2D eigenvalue weighted by Crippen LogP contribution is -2.50. The van der Waals surface area contributed by atoms with Gasteiger partial charge in [-0.15, -0.1) is 0 Å². The molecule has 0 bridgehead atoms. The average molecular weight is 233 g/mol. The first-order valence-electron chi connectivity index (χ1n) is 4.69. The normalized spacial score (nSPS) is 14.4. The van der Waals surface area contributed by atoms with Crippen LogP contribution in [0, 0.1) is 5.92 Å². The third-order valence-corrected chi connectivity index (χ3v) is 1.99. The zero-order chi connectivity index (χ0) is 12.9. The Balaban J connectivity index is 4.64. The first-order chi connectivity index (χ1) is 7.25. The van der Waals surface area contributed by atoms with E-state index in [-0.39, 0.29) is 5.92 Å². The van der Waals surface area contributed by atoms with Crippen LogP contribution in [0.5, 0.6) is 0 Å². The molecule has 16 heavy (non-hydrogen) atoms. The van der Waals surface area contributed by atoms with Gasteiger partial charge in [0.1, 0.15) is 12.1 Å². The quantitative estimate of drug-likeness (QED) is 0.472. The SMILES string of the molecule is CC(C)C(NC(CC(=O)O)C(=O)O)C(=O)O. The summed E-state index contributed by atoms with van der Waals surface area (Å²) in [6.45, 7) is 3.21. The Bertz CT molecular complexity index is 288. The van der Waals surface area contributed by atoms with Crippen molar-refractivity contribution in [1.29, 1.82) is 0 Å². The molecule has 0 fully saturated rings. The topological polar surface area (TPSA) is 124 Å². The molecule has 0 aliphatic heterocycles. The van der Waals surface area contributed by atoms with Gasteiger partial charge in [-0.2, -0.15) is 0 Å². The van der Waals surface area contributed by atoms with Gasteiger partial charge in [-0.25, -0.2) is 0 Å². The van der Waals surface area contributed by atoms with Crippen molar-refractivity contribution < 1.29 is 29.7 Å². The maximum absolute atomic E-state index is 10.8. The van der Waals surface area contributed by atoms with Gasteiger partial charge in [-0.3, -0.25) is 19.7 Å². The second-order valence-electron chi connectivity index (χ2n) is 3.72. The predicted octanol–water partition coefficient (Wildman–Crippen LogP) is -0.387. The Morgan fingerprint density at radius 2 is 1.56 bits per heavy atom. The van der Waals surface area contributed by atoms with E-state index in [1.165, 1.54) is 0 Å². The van der Waals surface area contributed by atoms with Crippen molar-refractivity contribution in [3.63, 3.8) is 0 Å². The van der Waals surface area contributed by atoms with E-state index >= 15 is 0 Å². The first kappa shape index (κ1) is 14.4. The zero-order valence-corrected chi connectivity index (χ0v) is 9.01. The van der Waals surface area contributed by atoms with E-state index in [1.54, 1.807) is 13.8 Å². The van der Waals surface area contributed by atoms with Gasteiger partial charge in [0, 0.05) is 0 Å². The molecule has 0 aliphatic carbocycles. The van der Waals surface area contributed by atoms with Crippen molar-refractivity contribution in [3.8, 4) is 0 Å². The molecule has 0 saturated carbocycles. The third-order valence-electron chi connectivity index (χ3n) is 1.99. The highest BCUT2D eigenvalue weighted by Gasteiger charge is 2.29. The van der Waals surface area contributed by atoms with Gasteiger partial charge in [-0.1, -0.05) is 13.8 Å². The lowest BCUT2D eigenvalue weighted by atomic mass is 10.0. The zero-order valence-electron chi connectivity index (χ0n) is 9.01. The Kier molecular flexibility index (Phi) is 5.44. The number of carboxylic acids is 3. The van der Waals surface area contributed by atoms with Crippen LogP contribution >= 0.6 is 0 Å². The van der Waals surface area contributed by atoms with Gasteiger partial charge in [0.2, 0.25) is 0 Å². The van der Waals surface area contributed by atoms with Crippen LogP contribution in [-0.2, 0) is 14.4 Å². The minimum atomic E-state index is -1.40. The summed E-state index contributed by atoms with van der Waals surface area (Å²) in [6.07, 6.45) is -0.661. The van der Waals surface area contributed by atoms with Crippen molar-refractivity contribution >= 4 is 17.9 Å². The van der Waals surface area contributed by atoms with Crippen LogP contribution in [-0.4, -0.2) is 45.3 Å². The van der Waals surface area contributed by atoms with Crippen molar-refractivity contribution in [2.45, 2.75) is 32.4 Å². The van der Waals surface area contributed by atoms with Gasteiger partial charge >= 0.3 is 17.9 Å². The van der Waals surface area contributed by atoms with Crippen LogP contribution < -0.4 is 5.32 Å². The monoisotopic (exact) mass is 233 g/mol. The van der Waals surface area contributed by atoms with Gasteiger partial charge in [0.25, 0.3) is 0 Å². The van der Waals surface area contributed by atoms with Crippen LogP contribution in [0.1, 0.15) is 20.3 Å².